The van der Waals surface area contributed by atoms with E-state index in [1.54, 1.807) is 31.2 Å². The molecule has 0 aliphatic carbocycles. The van der Waals surface area contributed by atoms with Gasteiger partial charge in [0.25, 0.3) is 5.91 Å². The van der Waals surface area contributed by atoms with Crippen LogP contribution >= 0.6 is 0 Å². The number of carbonyl (C=O) groups excluding carboxylic acids is 2. The Hall–Kier alpha value is -1.72. The van der Waals surface area contributed by atoms with E-state index in [-0.39, 0.29) is 11.7 Å². The second-order valence-electron chi connectivity index (χ2n) is 4.33. The summed E-state index contributed by atoms with van der Waals surface area (Å²) in [6.07, 6.45) is -0.553. The third-order valence-electron chi connectivity index (χ3n) is 2.73. The summed E-state index contributed by atoms with van der Waals surface area (Å²) in [5.74, 6) is -0.229. The van der Waals surface area contributed by atoms with E-state index < -0.39 is 6.10 Å². The van der Waals surface area contributed by atoms with Crippen molar-refractivity contribution in [1.29, 1.82) is 0 Å². The summed E-state index contributed by atoms with van der Waals surface area (Å²) >= 11 is 0. The minimum atomic E-state index is -0.553. The van der Waals surface area contributed by atoms with Crippen LogP contribution in [0.3, 0.4) is 0 Å². The van der Waals surface area contributed by atoms with Crippen LogP contribution in [-0.2, 0) is 14.3 Å². The number of benzene rings is 1. The normalized spacial score (nSPS) is 11.9. The monoisotopic (exact) mass is 279 g/mol. The summed E-state index contributed by atoms with van der Waals surface area (Å²) in [6.45, 7) is 6.58. The molecular weight excluding hydrogens is 258 g/mol. The molecule has 1 rings (SSSR count). The topological polar surface area (TPSA) is 64.6 Å². The molecule has 0 saturated carbocycles. The van der Waals surface area contributed by atoms with Crippen LogP contribution in [0.5, 0.6) is 0 Å². The number of anilines is 1. The van der Waals surface area contributed by atoms with Gasteiger partial charge in [-0.3, -0.25) is 9.59 Å². The average Bonchev–Trinajstić information content (AvgIpc) is 2.44. The summed E-state index contributed by atoms with van der Waals surface area (Å²) in [6, 6.07) is 6.75. The molecule has 1 aromatic rings. The number of rotatable bonds is 8. The van der Waals surface area contributed by atoms with E-state index in [2.05, 4.69) is 5.32 Å². The number of hydrogen-bond donors (Lipinski definition) is 1. The fraction of sp³-hybridized carbons (Fsp3) is 0.467. The van der Waals surface area contributed by atoms with Crippen LogP contribution in [0.25, 0.3) is 0 Å². The number of hydrogen-bond acceptors (Lipinski definition) is 4. The van der Waals surface area contributed by atoms with Crippen LogP contribution < -0.4 is 5.32 Å². The Morgan fingerprint density at radius 3 is 2.40 bits per heavy atom. The van der Waals surface area contributed by atoms with Crippen molar-refractivity contribution in [3.63, 3.8) is 0 Å². The molecule has 0 aliphatic heterocycles. The predicted octanol–water partition coefficient (Wildman–Crippen LogP) is 2.27. The first-order valence-electron chi connectivity index (χ1n) is 6.65. The molecule has 20 heavy (non-hydrogen) atoms. The second-order valence-corrected chi connectivity index (χ2v) is 4.33. The Labute approximate surface area is 119 Å². The van der Waals surface area contributed by atoms with Crippen molar-refractivity contribution in [2.45, 2.75) is 26.9 Å². The lowest BCUT2D eigenvalue weighted by molar-refractivity contribution is -0.127. The molecule has 0 spiro atoms. The van der Waals surface area contributed by atoms with Crippen molar-refractivity contribution in [1.82, 2.24) is 0 Å². The predicted molar refractivity (Wildman–Crippen MR) is 77.0 cm³/mol. The first-order valence-corrected chi connectivity index (χ1v) is 6.65. The van der Waals surface area contributed by atoms with Crippen LogP contribution in [0.15, 0.2) is 24.3 Å². The molecule has 1 atom stereocenters. The molecular formula is C15H21NO4. The molecule has 0 aliphatic rings. The van der Waals surface area contributed by atoms with Gasteiger partial charge in [0.2, 0.25) is 0 Å². The largest absolute Gasteiger partial charge is 0.379 e. The average molecular weight is 279 g/mol. The van der Waals surface area contributed by atoms with Crippen LogP contribution in [-0.4, -0.2) is 37.6 Å². The standard InChI is InChI=1S/C15H21NO4/c1-4-19-9-10-20-12(3)15(18)16-14-7-5-13(6-8-14)11(2)17/h5-8,12H,4,9-10H2,1-3H3,(H,16,18). The number of ether oxygens (including phenoxy) is 2. The van der Waals surface area contributed by atoms with Gasteiger partial charge in [-0.25, -0.2) is 0 Å². The van der Waals surface area contributed by atoms with Gasteiger partial charge < -0.3 is 14.8 Å². The highest BCUT2D eigenvalue weighted by Crippen LogP contribution is 2.10. The number of Topliss-reactive ketones (excluding diaryl/α,β-unsaturated/α-hetero) is 1. The minimum Gasteiger partial charge on any atom is -0.379 e. The zero-order valence-corrected chi connectivity index (χ0v) is 12.1. The van der Waals surface area contributed by atoms with E-state index in [0.717, 1.165) is 0 Å². The summed E-state index contributed by atoms with van der Waals surface area (Å²) in [5.41, 5.74) is 1.25. The van der Waals surface area contributed by atoms with E-state index in [1.807, 2.05) is 6.92 Å². The molecule has 0 fully saturated rings. The van der Waals surface area contributed by atoms with Gasteiger partial charge in [-0.2, -0.15) is 0 Å². The Morgan fingerprint density at radius 1 is 1.20 bits per heavy atom. The maximum absolute atomic E-state index is 11.9. The molecule has 1 aromatic carbocycles. The van der Waals surface area contributed by atoms with Crippen molar-refractivity contribution in [2.75, 3.05) is 25.1 Å². The van der Waals surface area contributed by atoms with Crippen LogP contribution in [0.4, 0.5) is 5.69 Å². The first kappa shape index (κ1) is 16.3. The lowest BCUT2D eigenvalue weighted by Crippen LogP contribution is -2.28. The van der Waals surface area contributed by atoms with Crippen molar-refractivity contribution < 1.29 is 19.1 Å². The van der Waals surface area contributed by atoms with Gasteiger partial charge in [0.1, 0.15) is 6.10 Å². The van der Waals surface area contributed by atoms with E-state index in [4.69, 9.17) is 9.47 Å². The summed E-state index contributed by atoms with van der Waals surface area (Å²) in [5, 5.41) is 2.73. The second kappa shape index (κ2) is 8.45. The van der Waals surface area contributed by atoms with Crippen LogP contribution in [0.1, 0.15) is 31.1 Å². The van der Waals surface area contributed by atoms with Crippen LogP contribution in [0.2, 0.25) is 0 Å². The number of amides is 1. The number of nitrogens with one attached hydrogen (secondary N) is 1. The van der Waals surface area contributed by atoms with Crippen LogP contribution in [0, 0.1) is 0 Å². The van der Waals surface area contributed by atoms with Gasteiger partial charge in [0, 0.05) is 17.9 Å². The van der Waals surface area contributed by atoms with Crippen molar-refractivity contribution >= 4 is 17.4 Å². The lowest BCUT2D eigenvalue weighted by atomic mass is 10.1. The molecule has 0 heterocycles. The Balaban J connectivity index is 2.42. The highest BCUT2D eigenvalue weighted by Gasteiger charge is 2.13. The third kappa shape index (κ3) is 5.50. The summed E-state index contributed by atoms with van der Waals surface area (Å²) in [7, 11) is 0. The van der Waals surface area contributed by atoms with E-state index in [9.17, 15) is 9.59 Å². The van der Waals surface area contributed by atoms with Gasteiger partial charge in [0.05, 0.1) is 13.2 Å². The Kier molecular flexibility index (Phi) is 6.90. The molecule has 110 valence electrons. The first-order chi connectivity index (χ1) is 9.54. The molecule has 0 saturated heterocycles. The summed E-state index contributed by atoms with van der Waals surface area (Å²) < 4.78 is 10.5. The molecule has 0 bridgehead atoms. The van der Waals surface area contributed by atoms with Gasteiger partial charge in [0.15, 0.2) is 5.78 Å². The van der Waals surface area contributed by atoms with Crippen molar-refractivity contribution in [2.24, 2.45) is 0 Å². The van der Waals surface area contributed by atoms with Crippen molar-refractivity contribution in [3.8, 4) is 0 Å². The fourth-order valence-electron chi connectivity index (χ4n) is 1.54. The van der Waals surface area contributed by atoms with E-state index >= 15 is 0 Å². The van der Waals surface area contributed by atoms with E-state index in [1.165, 1.54) is 6.92 Å². The zero-order valence-electron chi connectivity index (χ0n) is 12.1. The lowest BCUT2D eigenvalue weighted by Gasteiger charge is -2.13. The molecule has 1 N–H and O–H groups in total. The molecule has 0 radical (unpaired) electrons. The number of ketones is 1. The smallest absolute Gasteiger partial charge is 0.253 e. The summed E-state index contributed by atoms with van der Waals surface area (Å²) in [4.78, 5) is 23.0. The molecule has 1 unspecified atom stereocenters. The maximum atomic E-state index is 11.9. The Bertz CT molecular complexity index is 442. The SMILES string of the molecule is CCOCCOC(C)C(=O)Nc1ccc(C(C)=O)cc1. The fourth-order valence-corrected chi connectivity index (χ4v) is 1.54. The highest BCUT2D eigenvalue weighted by atomic mass is 16.5. The minimum absolute atomic E-state index is 0.00416. The third-order valence-corrected chi connectivity index (χ3v) is 2.73. The van der Waals surface area contributed by atoms with Gasteiger partial charge in [-0.15, -0.1) is 0 Å². The van der Waals surface area contributed by atoms with Gasteiger partial charge >= 0.3 is 0 Å². The quantitative estimate of drug-likeness (QED) is 0.585. The van der Waals surface area contributed by atoms with E-state index in [0.29, 0.717) is 31.1 Å². The molecule has 5 heteroatoms. The Morgan fingerprint density at radius 2 is 1.85 bits per heavy atom. The molecule has 5 nitrogen and oxygen atoms in total. The van der Waals surface area contributed by atoms with Gasteiger partial charge in [-0.05, 0) is 45.0 Å². The van der Waals surface area contributed by atoms with Crippen molar-refractivity contribution in [3.05, 3.63) is 29.8 Å². The molecule has 1 amide bonds. The number of carbonyl (C=O) groups is 2. The van der Waals surface area contributed by atoms with Gasteiger partial charge in [-0.1, -0.05) is 0 Å². The zero-order chi connectivity index (χ0) is 15.0. The maximum Gasteiger partial charge on any atom is 0.253 e. The molecule has 0 aromatic heterocycles. The highest BCUT2D eigenvalue weighted by molar-refractivity contribution is 5.96.